The van der Waals surface area contributed by atoms with Crippen molar-refractivity contribution in [1.29, 1.82) is 5.41 Å². The fraction of sp³-hybridized carbons (Fsp3) is 0.375. The van der Waals surface area contributed by atoms with Gasteiger partial charge in [0.25, 0.3) is 5.91 Å². The maximum absolute atomic E-state index is 14.6. The SMILES string of the molecule is CCOC(=O)[C@@H](C)Oc1cc(C(=N)N)ccc1CNC(=O)C(OCC)c1ccc(OC)cc1F.Cl. The fourth-order valence-electron chi connectivity index (χ4n) is 3.07. The van der Waals surface area contributed by atoms with E-state index in [1.54, 1.807) is 32.0 Å². The molecule has 35 heavy (non-hydrogen) atoms. The Kier molecular flexibility index (Phi) is 12.0. The maximum atomic E-state index is 14.6. The van der Waals surface area contributed by atoms with E-state index in [1.165, 1.54) is 32.2 Å². The summed E-state index contributed by atoms with van der Waals surface area (Å²) in [7, 11) is 1.42. The molecular formula is C24H31ClFN3O6. The van der Waals surface area contributed by atoms with Crippen LogP contribution in [0.15, 0.2) is 36.4 Å². The molecule has 0 radical (unpaired) electrons. The summed E-state index contributed by atoms with van der Waals surface area (Å²) in [6.45, 7) is 5.28. The minimum Gasteiger partial charge on any atom is -0.497 e. The normalized spacial score (nSPS) is 12.0. The van der Waals surface area contributed by atoms with Crippen LogP contribution < -0.4 is 20.5 Å². The number of amides is 1. The van der Waals surface area contributed by atoms with Gasteiger partial charge in [-0.25, -0.2) is 9.18 Å². The van der Waals surface area contributed by atoms with Gasteiger partial charge < -0.3 is 30.0 Å². The summed E-state index contributed by atoms with van der Waals surface area (Å²) in [5.74, 6) is -1.37. The third-order valence-electron chi connectivity index (χ3n) is 4.82. The van der Waals surface area contributed by atoms with E-state index in [2.05, 4.69) is 5.32 Å². The molecule has 0 heterocycles. The number of nitrogens with one attached hydrogen (secondary N) is 2. The van der Waals surface area contributed by atoms with Gasteiger partial charge in [-0.15, -0.1) is 12.4 Å². The highest BCUT2D eigenvalue weighted by Crippen LogP contribution is 2.26. The molecule has 0 bridgehead atoms. The number of carbonyl (C=O) groups is 2. The number of halogens is 2. The van der Waals surface area contributed by atoms with E-state index in [0.29, 0.717) is 16.9 Å². The molecule has 0 aliphatic rings. The van der Waals surface area contributed by atoms with E-state index in [1.807, 2.05) is 0 Å². The predicted octanol–water partition coefficient (Wildman–Crippen LogP) is 3.26. The van der Waals surface area contributed by atoms with Crippen LogP contribution in [0.1, 0.15) is 43.6 Å². The summed E-state index contributed by atoms with van der Waals surface area (Å²) in [6.07, 6.45) is -2.11. The smallest absolute Gasteiger partial charge is 0.347 e. The highest BCUT2D eigenvalue weighted by molar-refractivity contribution is 5.95. The monoisotopic (exact) mass is 511 g/mol. The van der Waals surface area contributed by atoms with E-state index >= 15 is 0 Å². The Morgan fingerprint density at radius 1 is 1.14 bits per heavy atom. The molecule has 1 amide bonds. The Morgan fingerprint density at radius 2 is 1.86 bits per heavy atom. The maximum Gasteiger partial charge on any atom is 0.347 e. The zero-order chi connectivity index (χ0) is 25.3. The average molecular weight is 512 g/mol. The van der Waals surface area contributed by atoms with Gasteiger partial charge >= 0.3 is 5.97 Å². The molecule has 2 rings (SSSR count). The van der Waals surface area contributed by atoms with Crippen molar-refractivity contribution in [2.45, 2.75) is 39.5 Å². The van der Waals surface area contributed by atoms with E-state index in [4.69, 9.17) is 30.1 Å². The molecule has 0 saturated heterocycles. The van der Waals surface area contributed by atoms with Crippen molar-refractivity contribution < 1.29 is 32.9 Å². The molecule has 0 fully saturated rings. The number of methoxy groups -OCH3 is 1. The Labute approximate surface area is 210 Å². The van der Waals surface area contributed by atoms with Crippen molar-refractivity contribution in [1.82, 2.24) is 5.32 Å². The van der Waals surface area contributed by atoms with Crippen molar-refractivity contribution >= 4 is 30.1 Å². The number of amidine groups is 1. The minimum atomic E-state index is -1.18. The Balaban J connectivity index is 0.00000612. The van der Waals surface area contributed by atoms with E-state index in [-0.39, 0.29) is 49.3 Å². The van der Waals surface area contributed by atoms with Crippen LogP contribution in [0.2, 0.25) is 0 Å². The second kappa shape index (κ2) is 14.1. The van der Waals surface area contributed by atoms with Crippen LogP contribution in [0.3, 0.4) is 0 Å². The van der Waals surface area contributed by atoms with Crippen molar-refractivity contribution in [3.05, 3.63) is 58.9 Å². The molecule has 0 aliphatic heterocycles. The summed E-state index contributed by atoms with van der Waals surface area (Å²) in [4.78, 5) is 24.9. The summed E-state index contributed by atoms with van der Waals surface area (Å²) in [6, 6.07) is 8.87. The lowest BCUT2D eigenvalue weighted by molar-refractivity contribution is -0.150. The zero-order valence-electron chi connectivity index (χ0n) is 20.1. The molecule has 192 valence electrons. The summed E-state index contributed by atoms with van der Waals surface area (Å²) < 4.78 is 35.8. The Hall–Kier alpha value is -3.37. The van der Waals surface area contributed by atoms with Crippen molar-refractivity contribution in [2.24, 2.45) is 5.73 Å². The molecule has 9 nitrogen and oxygen atoms in total. The molecular weight excluding hydrogens is 481 g/mol. The first-order valence-corrected chi connectivity index (χ1v) is 10.7. The number of nitrogen functional groups attached to an aromatic ring is 1. The largest absolute Gasteiger partial charge is 0.497 e. The van der Waals surface area contributed by atoms with Gasteiger partial charge in [-0.3, -0.25) is 10.2 Å². The molecule has 2 aromatic rings. The van der Waals surface area contributed by atoms with Crippen LogP contribution >= 0.6 is 12.4 Å². The lowest BCUT2D eigenvalue weighted by Crippen LogP contribution is -2.32. The second-order valence-corrected chi connectivity index (χ2v) is 7.19. The second-order valence-electron chi connectivity index (χ2n) is 7.19. The van der Waals surface area contributed by atoms with Gasteiger partial charge in [0.15, 0.2) is 12.2 Å². The van der Waals surface area contributed by atoms with Gasteiger partial charge in [-0.2, -0.15) is 0 Å². The molecule has 4 N–H and O–H groups in total. The first kappa shape index (κ1) is 29.7. The standard InChI is InChI=1S/C24H30FN3O6.ClH/c1-5-32-21(18-10-9-17(31-4)12-19(18)25)23(29)28-13-16-8-7-15(22(26)27)11-20(16)34-14(3)24(30)33-6-2;/h7-12,14,21H,5-6,13H2,1-4H3,(H3,26,27)(H,28,29);1H/t14-,21?;/m1./s1. The molecule has 0 aliphatic carbocycles. The molecule has 2 aromatic carbocycles. The van der Waals surface area contributed by atoms with Crippen LogP contribution in [-0.4, -0.2) is 44.1 Å². The number of esters is 1. The molecule has 11 heteroatoms. The highest BCUT2D eigenvalue weighted by Gasteiger charge is 2.25. The topological polar surface area (TPSA) is 133 Å². The third-order valence-corrected chi connectivity index (χ3v) is 4.82. The number of ether oxygens (including phenoxy) is 4. The van der Waals surface area contributed by atoms with E-state index in [9.17, 15) is 14.0 Å². The average Bonchev–Trinajstić information content (AvgIpc) is 2.81. The zero-order valence-corrected chi connectivity index (χ0v) is 20.9. The lowest BCUT2D eigenvalue weighted by Gasteiger charge is -2.20. The van der Waals surface area contributed by atoms with Gasteiger partial charge in [-0.1, -0.05) is 12.1 Å². The van der Waals surface area contributed by atoms with Crippen LogP contribution in [0.4, 0.5) is 4.39 Å². The number of rotatable bonds is 12. The van der Waals surface area contributed by atoms with E-state index in [0.717, 1.165) is 0 Å². The van der Waals surface area contributed by atoms with Gasteiger partial charge in [0.1, 0.15) is 23.2 Å². The Morgan fingerprint density at radius 3 is 2.43 bits per heavy atom. The predicted molar refractivity (Wildman–Crippen MR) is 131 cm³/mol. The van der Waals surface area contributed by atoms with Crippen LogP contribution in [0.5, 0.6) is 11.5 Å². The summed E-state index contributed by atoms with van der Waals surface area (Å²) in [5, 5.41) is 10.4. The van der Waals surface area contributed by atoms with Crippen molar-refractivity contribution in [3.8, 4) is 11.5 Å². The van der Waals surface area contributed by atoms with Gasteiger partial charge in [0, 0.05) is 35.9 Å². The first-order chi connectivity index (χ1) is 16.2. The highest BCUT2D eigenvalue weighted by atomic mass is 35.5. The first-order valence-electron chi connectivity index (χ1n) is 10.7. The summed E-state index contributed by atoms with van der Waals surface area (Å²) >= 11 is 0. The number of hydrogen-bond donors (Lipinski definition) is 3. The van der Waals surface area contributed by atoms with Gasteiger partial charge in [0.05, 0.1) is 13.7 Å². The molecule has 0 spiro atoms. The number of benzene rings is 2. The van der Waals surface area contributed by atoms with Crippen LogP contribution in [0.25, 0.3) is 0 Å². The molecule has 1 unspecified atom stereocenters. The fourth-order valence-corrected chi connectivity index (χ4v) is 3.07. The van der Waals surface area contributed by atoms with Gasteiger partial charge in [-0.05, 0) is 39.0 Å². The van der Waals surface area contributed by atoms with Crippen molar-refractivity contribution in [3.63, 3.8) is 0 Å². The quantitative estimate of drug-likeness (QED) is 0.226. The Bertz CT molecular complexity index is 1040. The molecule has 0 saturated carbocycles. The van der Waals surface area contributed by atoms with Gasteiger partial charge in [0.2, 0.25) is 0 Å². The number of carbonyl (C=O) groups excluding carboxylic acids is 2. The van der Waals surface area contributed by atoms with Crippen LogP contribution in [0, 0.1) is 11.2 Å². The number of nitrogens with two attached hydrogens (primary N) is 1. The molecule has 2 atom stereocenters. The molecule has 0 aromatic heterocycles. The summed E-state index contributed by atoms with van der Waals surface area (Å²) in [5.41, 5.74) is 6.54. The third kappa shape index (κ3) is 8.11. The number of hydrogen-bond acceptors (Lipinski definition) is 7. The van der Waals surface area contributed by atoms with Crippen molar-refractivity contribution in [2.75, 3.05) is 20.3 Å². The van der Waals surface area contributed by atoms with E-state index < -0.39 is 29.9 Å². The van der Waals surface area contributed by atoms with Crippen LogP contribution in [-0.2, 0) is 25.6 Å². The minimum absolute atomic E-state index is 0. The lowest BCUT2D eigenvalue weighted by atomic mass is 10.1.